The summed E-state index contributed by atoms with van der Waals surface area (Å²) in [5.41, 5.74) is 2.53. The maximum Gasteiger partial charge on any atom is 0.251 e. The van der Waals surface area contributed by atoms with Crippen molar-refractivity contribution >= 4 is 34.4 Å². The molecular formula is C27H33ClN4O2. The van der Waals surface area contributed by atoms with Crippen molar-refractivity contribution < 1.29 is 9.59 Å². The maximum atomic E-state index is 13.1. The van der Waals surface area contributed by atoms with Gasteiger partial charge in [0.1, 0.15) is 12.4 Å². The van der Waals surface area contributed by atoms with Crippen LogP contribution >= 0.6 is 11.6 Å². The first kappa shape index (κ1) is 24.3. The molecule has 0 spiro atoms. The number of para-hydroxylation sites is 2. The zero-order valence-electron chi connectivity index (χ0n) is 19.8. The number of imidazole rings is 1. The van der Waals surface area contributed by atoms with E-state index in [2.05, 4.69) is 16.8 Å². The second-order valence-corrected chi connectivity index (χ2v) is 9.55. The molecule has 3 aromatic rings. The number of nitrogens with one attached hydrogen (secondary N) is 1. The zero-order valence-corrected chi connectivity index (χ0v) is 20.6. The lowest BCUT2D eigenvalue weighted by atomic mass is 10.0. The smallest absolute Gasteiger partial charge is 0.251 e. The van der Waals surface area contributed by atoms with Gasteiger partial charge in [-0.1, -0.05) is 36.2 Å². The van der Waals surface area contributed by atoms with Crippen molar-refractivity contribution in [3.05, 3.63) is 64.9 Å². The number of piperidine rings is 1. The van der Waals surface area contributed by atoms with E-state index < -0.39 is 0 Å². The third-order valence-corrected chi connectivity index (χ3v) is 6.83. The first-order valence-electron chi connectivity index (χ1n) is 12.3. The fourth-order valence-corrected chi connectivity index (χ4v) is 4.90. The summed E-state index contributed by atoms with van der Waals surface area (Å²) in [5.74, 6) is 1.04. The van der Waals surface area contributed by atoms with Crippen molar-refractivity contribution in [2.45, 2.75) is 64.5 Å². The van der Waals surface area contributed by atoms with E-state index in [1.165, 1.54) is 6.42 Å². The summed E-state index contributed by atoms with van der Waals surface area (Å²) in [6, 6.07) is 15.3. The van der Waals surface area contributed by atoms with Gasteiger partial charge in [-0.25, -0.2) is 4.98 Å². The first-order valence-corrected chi connectivity index (χ1v) is 12.7. The van der Waals surface area contributed by atoms with E-state index in [9.17, 15) is 9.59 Å². The van der Waals surface area contributed by atoms with Crippen molar-refractivity contribution in [3.63, 3.8) is 0 Å². The molecule has 2 heterocycles. The van der Waals surface area contributed by atoms with Gasteiger partial charge in [0.05, 0.1) is 11.0 Å². The number of likely N-dealkylation sites (tertiary alicyclic amines) is 1. The Hall–Kier alpha value is -2.86. The van der Waals surface area contributed by atoms with E-state index in [-0.39, 0.29) is 11.8 Å². The van der Waals surface area contributed by atoms with E-state index in [0.717, 1.165) is 61.9 Å². The summed E-state index contributed by atoms with van der Waals surface area (Å²) >= 11 is 5.96. The highest BCUT2D eigenvalue weighted by molar-refractivity contribution is 6.30. The standard InChI is InChI=1S/C27H33ClN4O2/c1-20-10-6-8-17-31(20)26(33)19-32-24-14-5-4-13-23(24)30-25(32)15-3-2-7-16-29-27(34)21-11-9-12-22(28)18-21/h4-5,9,11-14,18,20H,2-3,6-8,10,15-17,19H2,1H3,(H,29,34). The number of carbonyl (C=O) groups is 2. The van der Waals surface area contributed by atoms with Crippen LogP contribution in [0, 0.1) is 0 Å². The fraction of sp³-hybridized carbons (Fsp3) is 0.444. The Balaban J connectivity index is 1.31. The molecule has 1 atom stereocenters. The third-order valence-electron chi connectivity index (χ3n) is 6.60. The van der Waals surface area contributed by atoms with Gasteiger partial charge in [-0.2, -0.15) is 0 Å². The SMILES string of the molecule is CC1CCCCN1C(=O)Cn1c(CCCCCNC(=O)c2cccc(Cl)c2)nc2ccccc21. The van der Waals surface area contributed by atoms with Crippen LogP contribution in [0.3, 0.4) is 0 Å². The van der Waals surface area contributed by atoms with E-state index in [0.29, 0.717) is 29.7 Å². The van der Waals surface area contributed by atoms with Gasteiger partial charge in [-0.05, 0) is 69.4 Å². The molecule has 2 aromatic carbocycles. The summed E-state index contributed by atoms with van der Waals surface area (Å²) < 4.78 is 2.10. The molecule has 1 N–H and O–H groups in total. The van der Waals surface area contributed by atoms with Gasteiger partial charge < -0.3 is 14.8 Å². The number of halogens is 1. The molecular weight excluding hydrogens is 448 g/mol. The second-order valence-electron chi connectivity index (χ2n) is 9.11. The summed E-state index contributed by atoms with van der Waals surface area (Å²) in [7, 11) is 0. The Morgan fingerprint density at radius 1 is 1.09 bits per heavy atom. The monoisotopic (exact) mass is 480 g/mol. The largest absolute Gasteiger partial charge is 0.352 e. The fourth-order valence-electron chi connectivity index (χ4n) is 4.71. The lowest BCUT2D eigenvalue weighted by Crippen LogP contribution is -2.43. The summed E-state index contributed by atoms with van der Waals surface area (Å²) in [4.78, 5) is 32.2. The lowest BCUT2D eigenvalue weighted by molar-refractivity contribution is -0.135. The molecule has 180 valence electrons. The third kappa shape index (κ3) is 5.98. The molecule has 0 radical (unpaired) electrons. The quantitative estimate of drug-likeness (QED) is 0.426. The molecule has 2 amide bonds. The number of unbranched alkanes of at least 4 members (excludes halogenated alkanes) is 2. The van der Waals surface area contributed by atoms with Crippen LogP contribution in [0.25, 0.3) is 11.0 Å². The molecule has 1 aliphatic rings. The molecule has 4 rings (SSSR count). The number of amides is 2. The Morgan fingerprint density at radius 3 is 2.76 bits per heavy atom. The molecule has 34 heavy (non-hydrogen) atoms. The van der Waals surface area contributed by atoms with E-state index >= 15 is 0 Å². The van der Waals surface area contributed by atoms with Crippen LogP contribution in [-0.2, 0) is 17.8 Å². The molecule has 1 saturated heterocycles. The van der Waals surface area contributed by atoms with E-state index in [1.807, 2.05) is 29.2 Å². The highest BCUT2D eigenvalue weighted by atomic mass is 35.5. The normalized spacial score (nSPS) is 16.1. The van der Waals surface area contributed by atoms with Crippen LogP contribution < -0.4 is 5.32 Å². The Bertz CT molecular complexity index is 1140. The van der Waals surface area contributed by atoms with Crippen LogP contribution in [0.1, 0.15) is 61.6 Å². The van der Waals surface area contributed by atoms with Crippen LogP contribution in [-0.4, -0.2) is 45.4 Å². The topological polar surface area (TPSA) is 67.2 Å². The van der Waals surface area contributed by atoms with Gasteiger partial charge in [-0.3, -0.25) is 9.59 Å². The number of benzene rings is 2. The number of fused-ring (bicyclic) bond motifs is 1. The van der Waals surface area contributed by atoms with Crippen LogP contribution in [0.15, 0.2) is 48.5 Å². The molecule has 1 unspecified atom stereocenters. The second kappa shape index (κ2) is 11.5. The average Bonchev–Trinajstić information content (AvgIpc) is 3.18. The average molecular weight is 481 g/mol. The van der Waals surface area contributed by atoms with E-state index in [4.69, 9.17) is 16.6 Å². The number of hydrogen-bond acceptors (Lipinski definition) is 3. The minimum Gasteiger partial charge on any atom is -0.352 e. The highest BCUT2D eigenvalue weighted by Gasteiger charge is 2.24. The van der Waals surface area contributed by atoms with Crippen LogP contribution in [0.5, 0.6) is 0 Å². The molecule has 1 aliphatic heterocycles. The maximum absolute atomic E-state index is 13.1. The number of aryl methyl sites for hydroxylation is 1. The van der Waals surface area contributed by atoms with Gasteiger partial charge in [0, 0.05) is 36.1 Å². The Kier molecular flexibility index (Phi) is 8.22. The van der Waals surface area contributed by atoms with Gasteiger partial charge >= 0.3 is 0 Å². The number of carbonyl (C=O) groups excluding carboxylic acids is 2. The van der Waals surface area contributed by atoms with Crippen molar-refractivity contribution in [2.24, 2.45) is 0 Å². The van der Waals surface area contributed by atoms with Gasteiger partial charge in [-0.15, -0.1) is 0 Å². The predicted molar refractivity (Wildman–Crippen MR) is 136 cm³/mol. The Labute approximate surface area is 206 Å². The predicted octanol–water partition coefficient (Wildman–Crippen LogP) is 5.23. The van der Waals surface area contributed by atoms with Crippen molar-refractivity contribution in [2.75, 3.05) is 13.1 Å². The van der Waals surface area contributed by atoms with Gasteiger partial charge in [0.15, 0.2) is 0 Å². The zero-order chi connectivity index (χ0) is 23.9. The molecule has 0 bridgehead atoms. The lowest BCUT2D eigenvalue weighted by Gasteiger charge is -2.33. The molecule has 7 heteroatoms. The van der Waals surface area contributed by atoms with Crippen molar-refractivity contribution in [1.82, 2.24) is 19.8 Å². The number of aromatic nitrogens is 2. The van der Waals surface area contributed by atoms with Crippen molar-refractivity contribution in [3.8, 4) is 0 Å². The number of rotatable bonds is 9. The van der Waals surface area contributed by atoms with Crippen LogP contribution in [0.2, 0.25) is 5.02 Å². The first-order chi connectivity index (χ1) is 16.5. The minimum absolute atomic E-state index is 0.102. The molecule has 1 aromatic heterocycles. The van der Waals surface area contributed by atoms with Crippen molar-refractivity contribution in [1.29, 1.82) is 0 Å². The van der Waals surface area contributed by atoms with Crippen LogP contribution in [0.4, 0.5) is 0 Å². The molecule has 0 aliphatic carbocycles. The number of hydrogen-bond donors (Lipinski definition) is 1. The summed E-state index contributed by atoms with van der Waals surface area (Å²) in [6.45, 7) is 3.96. The molecule has 1 fully saturated rings. The number of nitrogens with zero attached hydrogens (tertiary/aromatic N) is 3. The minimum atomic E-state index is -0.102. The van der Waals surface area contributed by atoms with Gasteiger partial charge in [0.2, 0.25) is 5.91 Å². The molecule has 0 saturated carbocycles. The highest BCUT2D eigenvalue weighted by Crippen LogP contribution is 2.21. The van der Waals surface area contributed by atoms with E-state index in [1.54, 1.807) is 24.3 Å². The summed E-state index contributed by atoms with van der Waals surface area (Å²) in [5, 5.41) is 3.51. The Morgan fingerprint density at radius 2 is 1.94 bits per heavy atom. The summed E-state index contributed by atoms with van der Waals surface area (Å²) in [6.07, 6.45) is 6.97. The molecule has 6 nitrogen and oxygen atoms in total. The van der Waals surface area contributed by atoms with Gasteiger partial charge in [0.25, 0.3) is 5.91 Å².